The van der Waals surface area contributed by atoms with E-state index < -0.39 is 6.61 Å². The summed E-state index contributed by atoms with van der Waals surface area (Å²) >= 11 is 0. The molecule has 2 heterocycles. The van der Waals surface area contributed by atoms with E-state index in [9.17, 15) is 13.6 Å². The highest BCUT2D eigenvalue weighted by Gasteiger charge is 2.31. The predicted octanol–water partition coefficient (Wildman–Crippen LogP) is 3.13. The fourth-order valence-electron chi connectivity index (χ4n) is 3.37. The van der Waals surface area contributed by atoms with Gasteiger partial charge < -0.3 is 9.64 Å². The molecule has 5 nitrogen and oxygen atoms in total. The maximum absolute atomic E-state index is 12.7. The molecule has 1 aliphatic heterocycles. The van der Waals surface area contributed by atoms with Gasteiger partial charge in [0, 0.05) is 36.7 Å². The molecule has 1 aromatic heterocycles. The molecule has 0 atom stereocenters. The van der Waals surface area contributed by atoms with Crippen LogP contribution in [0.15, 0.2) is 24.3 Å². The first-order valence-electron chi connectivity index (χ1n) is 8.52. The zero-order valence-electron chi connectivity index (χ0n) is 13.7. The van der Waals surface area contributed by atoms with Crippen LogP contribution in [0.4, 0.5) is 8.78 Å². The van der Waals surface area contributed by atoms with Crippen LogP contribution in [0.2, 0.25) is 0 Å². The van der Waals surface area contributed by atoms with Crippen LogP contribution in [0.25, 0.3) is 0 Å². The number of hydrogen-bond donors (Lipinski definition) is 1. The molecule has 1 amide bonds. The molecule has 7 heteroatoms. The van der Waals surface area contributed by atoms with Gasteiger partial charge in [-0.15, -0.1) is 0 Å². The van der Waals surface area contributed by atoms with Gasteiger partial charge in [0.15, 0.2) is 0 Å². The zero-order chi connectivity index (χ0) is 17.4. The number of hydrogen-bond acceptors (Lipinski definition) is 3. The Morgan fingerprint density at radius 1 is 1.20 bits per heavy atom. The zero-order valence-corrected chi connectivity index (χ0v) is 13.7. The number of H-pyrrole nitrogens is 1. The number of benzene rings is 1. The van der Waals surface area contributed by atoms with Crippen molar-refractivity contribution in [1.82, 2.24) is 15.1 Å². The molecule has 4 rings (SSSR count). The van der Waals surface area contributed by atoms with Gasteiger partial charge in [0.1, 0.15) is 5.75 Å². The van der Waals surface area contributed by atoms with Crippen molar-refractivity contribution in [3.8, 4) is 5.75 Å². The normalized spacial score (nSPS) is 17.3. The van der Waals surface area contributed by atoms with E-state index >= 15 is 0 Å². The van der Waals surface area contributed by atoms with Crippen LogP contribution < -0.4 is 4.74 Å². The van der Waals surface area contributed by atoms with Gasteiger partial charge in [-0.1, -0.05) is 0 Å². The number of nitrogens with zero attached hydrogens (tertiary/aromatic N) is 2. The van der Waals surface area contributed by atoms with E-state index in [4.69, 9.17) is 0 Å². The Kier molecular flexibility index (Phi) is 4.15. The van der Waals surface area contributed by atoms with Crippen LogP contribution in [0.5, 0.6) is 5.75 Å². The number of amides is 1. The molecule has 1 fully saturated rings. The third-order valence-corrected chi connectivity index (χ3v) is 4.83. The molecule has 25 heavy (non-hydrogen) atoms. The lowest BCUT2D eigenvalue weighted by molar-refractivity contribution is -0.0498. The molecule has 0 saturated heterocycles. The minimum Gasteiger partial charge on any atom is -0.435 e. The van der Waals surface area contributed by atoms with Crippen molar-refractivity contribution in [3.63, 3.8) is 0 Å². The number of carbonyl (C=O) groups is 1. The highest BCUT2D eigenvalue weighted by Crippen LogP contribution is 2.41. The molecule has 0 unspecified atom stereocenters. The summed E-state index contributed by atoms with van der Waals surface area (Å²) < 4.78 is 28.7. The average molecular weight is 347 g/mol. The highest BCUT2D eigenvalue weighted by atomic mass is 19.3. The summed E-state index contributed by atoms with van der Waals surface area (Å²) in [6.45, 7) is -1.61. The van der Waals surface area contributed by atoms with Gasteiger partial charge in [0.2, 0.25) is 0 Å². The number of halogens is 2. The van der Waals surface area contributed by atoms with Crippen molar-refractivity contribution in [3.05, 3.63) is 46.8 Å². The number of carbonyl (C=O) groups excluding carboxylic acids is 1. The van der Waals surface area contributed by atoms with Gasteiger partial charge in [0.25, 0.3) is 5.91 Å². The maximum atomic E-state index is 12.7. The standard InChI is InChI=1S/C18H19F2N3O2/c19-18(20)25-13-5-3-12(4-6-13)17(24)23-9-7-14-15(8-10-23)21-22-16(14)11-1-2-11/h3-6,11,18H,1-2,7-10H2,(H,21,22). The minimum absolute atomic E-state index is 0.0533. The molecular formula is C18H19F2N3O2. The largest absolute Gasteiger partial charge is 0.435 e. The monoisotopic (exact) mass is 347 g/mol. The number of rotatable bonds is 4. The molecule has 2 aromatic rings. The molecule has 132 valence electrons. The van der Waals surface area contributed by atoms with Crippen LogP contribution in [0.3, 0.4) is 0 Å². The molecule has 1 N–H and O–H groups in total. The SMILES string of the molecule is O=C(c1ccc(OC(F)F)cc1)N1CCc2[nH]nc(C3CC3)c2CC1. The number of fused-ring (bicyclic) bond motifs is 1. The van der Waals surface area contributed by atoms with Crippen LogP contribution in [-0.4, -0.2) is 40.7 Å². The Labute approximate surface area is 144 Å². The third kappa shape index (κ3) is 3.36. The fourth-order valence-corrected chi connectivity index (χ4v) is 3.37. The molecule has 1 saturated carbocycles. The number of ether oxygens (including phenoxy) is 1. The van der Waals surface area contributed by atoms with E-state index in [1.807, 2.05) is 4.90 Å². The Hall–Kier alpha value is -2.44. The second kappa shape index (κ2) is 6.46. The van der Waals surface area contributed by atoms with Gasteiger partial charge in [-0.25, -0.2) is 0 Å². The summed E-state index contributed by atoms with van der Waals surface area (Å²) in [5, 5.41) is 7.60. The van der Waals surface area contributed by atoms with Crippen molar-refractivity contribution >= 4 is 5.91 Å². The lowest BCUT2D eigenvalue weighted by Crippen LogP contribution is -2.33. The van der Waals surface area contributed by atoms with Gasteiger partial charge in [-0.2, -0.15) is 13.9 Å². The van der Waals surface area contributed by atoms with E-state index in [0.29, 0.717) is 24.6 Å². The van der Waals surface area contributed by atoms with E-state index in [2.05, 4.69) is 14.9 Å². The minimum atomic E-state index is -2.87. The van der Waals surface area contributed by atoms with Crippen molar-refractivity contribution in [1.29, 1.82) is 0 Å². The molecular weight excluding hydrogens is 328 g/mol. The number of aromatic nitrogens is 2. The fraction of sp³-hybridized carbons (Fsp3) is 0.444. The van der Waals surface area contributed by atoms with E-state index in [1.165, 1.54) is 48.4 Å². The van der Waals surface area contributed by atoms with Gasteiger partial charge >= 0.3 is 6.61 Å². The van der Waals surface area contributed by atoms with E-state index in [1.54, 1.807) is 0 Å². The van der Waals surface area contributed by atoms with E-state index in [0.717, 1.165) is 18.5 Å². The lowest BCUT2D eigenvalue weighted by Gasteiger charge is -2.20. The van der Waals surface area contributed by atoms with Gasteiger partial charge in [0.05, 0.1) is 5.69 Å². The van der Waals surface area contributed by atoms with Crippen LogP contribution in [0.1, 0.15) is 46.1 Å². The topological polar surface area (TPSA) is 58.2 Å². The molecule has 2 aliphatic rings. The van der Waals surface area contributed by atoms with Crippen LogP contribution >= 0.6 is 0 Å². The molecule has 1 aliphatic carbocycles. The average Bonchev–Trinajstić information content (AvgIpc) is 3.39. The Morgan fingerprint density at radius 3 is 2.60 bits per heavy atom. The Bertz CT molecular complexity index is 769. The van der Waals surface area contributed by atoms with Gasteiger partial charge in [-0.3, -0.25) is 9.89 Å². The quantitative estimate of drug-likeness (QED) is 0.924. The van der Waals surface area contributed by atoms with Crippen molar-refractivity contribution < 1.29 is 18.3 Å². The second-order valence-electron chi connectivity index (χ2n) is 6.54. The summed E-state index contributed by atoms with van der Waals surface area (Å²) in [6, 6.07) is 5.85. The predicted molar refractivity (Wildman–Crippen MR) is 86.9 cm³/mol. The van der Waals surface area contributed by atoms with Gasteiger partial charge in [-0.05, 0) is 49.1 Å². The van der Waals surface area contributed by atoms with E-state index in [-0.39, 0.29) is 11.7 Å². The van der Waals surface area contributed by atoms with Crippen LogP contribution in [0, 0.1) is 0 Å². The second-order valence-corrected chi connectivity index (χ2v) is 6.54. The first kappa shape index (κ1) is 16.1. The Morgan fingerprint density at radius 2 is 1.92 bits per heavy atom. The van der Waals surface area contributed by atoms with Crippen molar-refractivity contribution in [2.24, 2.45) is 0 Å². The number of alkyl halides is 2. The highest BCUT2D eigenvalue weighted by molar-refractivity contribution is 5.94. The van der Waals surface area contributed by atoms with Crippen molar-refractivity contribution in [2.45, 2.75) is 38.2 Å². The summed E-state index contributed by atoms with van der Waals surface area (Å²) in [5.74, 6) is 0.553. The lowest BCUT2D eigenvalue weighted by atomic mass is 10.1. The smallest absolute Gasteiger partial charge is 0.387 e. The molecule has 0 radical (unpaired) electrons. The van der Waals surface area contributed by atoms with Crippen molar-refractivity contribution in [2.75, 3.05) is 13.1 Å². The Balaban J connectivity index is 1.44. The summed E-state index contributed by atoms with van der Waals surface area (Å²) in [4.78, 5) is 14.5. The summed E-state index contributed by atoms with van der Waals surface area (Å²) in [6.07, 6.45) is 3.96. The van der Waals surface area contributed by atoms with Crippen LogP contribution in [-0.2, 0) is 12.8 Å². The first-order chi connectivity index (χ1) is 12.1. The number of nitrogens with one attached hydrogen (secondary N) is 1. The summed E-state index contributed by atoms with van der Waals surface area (Å²) in [5.41, 5.74) is 4.07. The number of aromatic amines is 1. The summed E-state index contributed by atoms with van der Waals surface area (Å²) in [7, 11) is 0. The maximum Gasteiger partial charge on any atom is 0.387 e. The molecule has 0 spiro atoms. The molecule has 1 aromatic carbocycles. The molecule has 0 bridgehead atoms. The third-order valence-electron chi connectivity index (χ3n) is 4.83. The first-order valence-corrected chi connectivity index (χ1v) is 8.52.